The van der Waals surface area contributed by atoms with Gasteiger partial charge < -0.3 is 5.32 Å². The van der Waals surface area contributed by atoms with Crippen LogP contribution < -0.4 is 5.32 Å². The molecule has 19 heavy (non-hydrogen) atoms. The maximum absolute atomic E-state index is 13.9. The van der Waals surface area contributed by atoms with Crippen molar-refractivity contribution < 1.29 is 8.78 Å². The molecule has 0 aliphatic heterocycles. The normalized spacial score (nSPS) is 23.7. The number of benzene rings is 1. The molecule has 2 rings (SSSR count). The SMILES string of the molecule is FC(F)(CNCC1CCCC1CCl)c1ccccc1. The number of hydrogen-bond acceptors (Lipinski definition) is 1. The minimum absolute atomic E-state index is 0.0721. The number of rotatable bonds is 6. The van der Waals surface area contributed by atoms with Gasteiger partial charge in [-0.05, 0) is 31.2 Å². The summed E-state index contributed by atoms with van der Waals surface area (Å²) in [6.07, 6.45) is 3.39. The predicted molar refractivity (Wildman–Crippen MR) is 74.8 cm³/mol. The Kier molecular flexibility index (Phi) is 5.17. The lowest BCUT2D eigenvalue weighted by Gasteiger charge is -2.21. The fraction of sp³-hybridized carbons (Fsp3) is 0.600. The van der Waals surface area contributed by atoms with Gasteiger partial charge in [-0.25, -0.2) is 0 Å². The number of nitrogens with one attached hydrogen (secondary N) is 1. The maximum atomic E-state index is 13.9. The van der Waals surface area contributed by atoms with E-state index >= 15 is 0 Å². The summed E-state index contributed by atoms with van der Waals surface area (Å²) >= 11 is 5.89. The number of alkyl halides is 3. The van der Waals surface area contributed by atoms with Crippen molar-refractivity contribution in [1.29, 1.82) is 0 Å². The predicted octanol–water partition coefficient (Wildman–Crippen LogP) is 4.02. The second kappa shape index (κ2) is 6.67. The molecule has 1 aliphatic rings. The van der Waals surface area contributed by atoms with Gasteiger partial charge in [0.25, 0.3) is 5.92 Å². The van der Waals surface area contributed by atoms with Crippen molar-refractivity contribution in [2.24, 2.45) is 11.8 Å². The zero-order chi connectivity index (χ0) is 13.7. The van der Waals surface area contributed by atoms with Gasteiger partial charge in [0.05, 0.1) is 6.54 Å². The van der Waals surface area contributed by atoms with Crippen molar-refractivity contribution in [3.63, 3.8) is 0 Å². The largest absolute Gasteiger partial charge is 0.311 e. The lowest BCUT2D eigenvalue weighted by molar-refractivity contribution is -0.00406. The summed E-state index contributed by atoms with van der Waals surface area (Å²) in [7, 11) is 0. The Hall–Kier alpha value is -0.670. The monoisotopic (exact) mass is 287 g/mol. The summed E-state index contributed by atoms with van der Waals surface area (Å²) in [6.45, 7) is 0.336. The van der Waals surface area contributed by atoms with Crippen molar-refractivity contribution in [2.45, 2.75) is 25.2 Å². The summed E-state index contributed by atoms with van der Waals surface area (Å²) in [5, 5.41) is 2.92. The van der Waals surface area contributed by atoms with E-state index in [1.54, 1.807) is 18.2 Å². The maximum Gasteiger partial charge on any atom is 0.285 e. The Morgan fingerprint density at radius 3 is 2.53 bits per heavy atom. The molecule has 1 fully saturated rings. The highest BCUT2D eigenvalue weighted by Crippen LogP contribution is 2.32. The average Bonchev–Trinajstić information content (AvgIpc) is 2.87. The number of halogens is 3. The lowest BCUT2D eigenvalue weighted by Crippen LogP contribution is -2.35. The van der Waals surface area contributed by atoms with Crippen LogP contribution >= 0.6 is 11.6 Å². The Morgan fingerprint density at radius 2 is 1.84 bits per heavy atom. The van der Waals surface area contributed by atoms with Crippen LogP contribution in [0.1, 0.15) is 24.8 Å². The molecule has 0 radical (unpaired) electrons. The fourth-order valence-electron chi connectivity index (χ4n) is 2.78. The summed E-state index contributed by atoms with van der Waals surface area (Å²) in [6, 6.07) is 7.97. The van der Waals surface area contributed by atoms with Crippen LogP contribution in [0.4, 0.5) is 8.78 Å². The van der Waals surface area contributed by atoms with Crippen LogP contribution in [0.25, 0.3) is 0 Å². The van der Waals surface area contributed by atoms with Crippen LogP contribution in [0.5, 0.6) is 0 Å². The molecule has 4 heteroatoms. The van der Waals surface area contributed by atoms with Crippen LogP contribution in [-0.2, 0) is 5.92 Å². The Labute approximate surface area is 118 Å². The average molecular weight is 288 g/mol. The van der Waals surface area contributed by atoms with Gasteiger partial charge in [0.1, 0.15) is 0 Å². The molecule has 1 N–H and O–H groups in total. The zero-order valence-electron chi connectivity index (χ0n) is 10.9. The van der Waals surface area contributed by atoms with E-state index in [0.29, 0.717) is 24.3 Å². The van der Waals surface area contributed by atoms with Gasteiger partial charge >= 0.3 is 0 Å². The van der Waals surface area contributed by atoms with Gasteiger partial charge in [-0.15, -0.1) is 11.6 Å². The van der Waals surface area contributed by atoms with Gasteiger partial charge in [0.15, 0.2) is 0 Å². The van der Waals surface area contributed by atoms with E-state index in [1.807, 2.05) is 0 Å². The Bertz CT molecular complexity index is 383. The van der Waals surface area contributed by atoms with Crippen molar-refractivity contribution in [3.05, 3.63) is 35.9 Å². The van der Waals surface area contributed by atoms with Crippen LogP contribution in [0.3, 0.4) is 0 Å². The molecule has 1 aromatic carbocycles. The second-order valence-electron chi connectivity index (χ2n) is 5.31. The van der Waals surface area contributed by atoms with Crippen LogP contribution in [0, 0.1) is 11.8 Å². The van der Waals surface area contributed by atoms with Crippen molar-refractivity contribution in [2.75, 3.05) is 19.0 Å². The first kappa shape index (κ1) is 14.7. The van der Waals surface area contributed by atoms with Gasteiger partial charge in [-0.2, -0.15) is 8.78 Å². The van der Waals surface area contributed by atoms with E-state index in [1.165, 1.54) is 18.6 Å². The molecule has 0 spiro atoms. The van der Waals surface area contributed by atoms with Crippen LogP contribution in [0.2, 0.25) is 0 Å². The second-order valence-corrected chi connectivity index (χ2v) is 5.62. The van der Waals surface area contributed by atoms with E-state index in [0.717, 1.165) is 12.8 Å². The summed E-state index contributed by atoms with van der Waals surface area (Å²) in [5.41, 5.74) is 0.0721. The van der Waals surface area contributed by atoms with Gasteiger partial charge in [0.2, 0.25) is 0 Å². The molecule has 1 saturated carbocycles. The van der Waals surface area contributed by atoms with Crippen LogP contribution in [-0.4, -0.2) is 19.0 Å². The third-order valence-electron chi connectivity index (χ3n) is 3.96. The first-order chi connectivity index (χ1) is 9.13. The Morgan fingerprint density at radius 1 is 1.16 bits per heavy atom. The highest BCUT2D eigenvalue weighted by atomic mass is 35.5. The van der Waals surface area contributed by atoms with Crippen molar-refractivity contribution >= 4 is 11.6 Å². The molecule has 0 saturated heterocycles. The molecule has 1 aliphatic carbocycles. The van der Waals surface area contributed by atoms with Crippen LogP contribution in [0.15, 0.2) is 30.3 Å². The standard InChI is InChI=1S/C15H20ClF2N/c16-9-12-5-4-6-13(12)10-19-11-15(17,18)14-7-2-1-3-8-14/h1-3,7-8,12-13,19H,4-6,9-11H2. The smallest absolute Gasteiger partial charge is 0.285 e. The molecule has 1 aromatic rings. The fourth-order valence-corrected chi connectivity index (χ4v) is 3.19. The molecule has 0 heterocycles. The number of hydrogen-bond donors (Lipinski definition) is 1. The molecule has 106 valence electrons. The van der Waals surface area contributed by atoms with E-state index in [4.69, 9.17) is 11.6 Å². The summed E-state index contributed by atoms with van der Waals surface area (Å²) in [5.74, 6) is -1.24. The molecule has 2 unspecified atom stereocenters. The molecule has 2 atom stereocenters. The lowest BCUT2D eigenvalue weighted by atomic mass is 9.98. The van der Waals surface area contributed by atoms with Gasteiger partial charge in [0, 0.05) is 11.4 Å². The quantitative estimate of drug-likeness (QED) is 0.779. The third kappa shape index (κ3) is 3.90. The van der Waals surface area contributed by atoms with Crippen molar-refractivity contribution in [1.82, 2.24) is 5.32 Å². The first-order valence-electron chi connectivity index (χ1n) is 6.83. The minimum Gasteiger partial charge on any atom is -0.311 e. The third-order valence-corrected chi connectivity index (χ3v) is 4.36. The minimum atomic E-state index is -2.81. The van der Waals surface area contributed by atoms with Gasteiger partial charge in [-0.1, -0.05) is 36.8 Å². The molecule has 1 nitrogen and oxygen atoms in total. The van der Waals surface area contributed by atoms with Gasteiger partial charge in [-0.3, -0.25) is 0 Å². The van der Waals surface area contributed by atoms with E-state index in [-0.39, 0.29) is 12.1 Å². The van der Waals surface area contributed by atoms with E-state index < -0.39 is 5.92 Å². The van der Waals surface area contributed by atoms with E-state index in [2.05, 4.69) is 5.32 Å². The topological polar surface area (TPSA) is 12.0 Å². The molecule has 0 amide bonds. The summed E-state index contributed by atoms with van der Waals surface area (Å²) < 4.78 is 27.8. The molecule has 0 aromatic heterocycles. The zero-order valence-corrected chi connectivity index (χ0v) is 11.7. The van der Waals surface area contributed by atoms with E-state index in [9.17, 15) is 8.78 Å². The molecular formula is C15H20ClF2N. The van der Waals surface area contributed by atoms with Crippen molar-refractivity contribution in [3.8, 4) is 0 Å². The molecular weight excluding hydrogens is 268 g/mol. The highest BCUT2D eigenvalue weighted by molar-refractivity contribution is 6.18. The highest BCUT2D eigenvalue weighted by Gasteiger charge is 2.32. The Balaban J connectivity index is 1.82. The first-order valence-corrected chi connectivity index (χ1v) is 7.37. The molecule has 0 bridgehead atoms. The summed E-state index contributed by atoms with van der Waals surface area (Å²) in [4.78, 5) is 0.